The van der Waals surface area contributed by atoms with Crippen LogP contribution in [0.2, 0.25) is 0 Å². The van der Waals surface area contributed by atoms with E-state index in [-0.39, 0.29) is 0 Å². The molecule has 3 heterocycles. The molecule has 0 unspecified atom stereocenters. The lowest BCUT2D eigenvalue weighted by molar-refractivity contribution is 1.13. The molecule has 0 aliphatic rings. The van der Waals surface area contributed by atoms with Gasteiger partial charge in [0.05, 0.1) is 61.7 Å². The lowest BCUT2D eigenvalue weighted by Gasteiger charge is -2.15. The second-order valence-electron chi connectivity index (χ2n) is 14.0. The van der Waals surface area contributed by atoms with Gasteiger partial charge in [-0.3, -0.25) is 0 Å². The van der Waals surface area contributed by atoms with Crippen LogP contribution in [0.4, 0.5) is 0 Å². The number of nitriles is 2. The Hall–Kier alpha value is -7.86. The fourth-order valence-electron chi connectivity index (χ4n) is 8.76. The molecule has 5 heteroatoms. The van der Waals surface area contributed by atoms with Crippen LogP contribution in [0.25, 0.3) is 93.6 Å². The van der Waals surface area contributed by atoms with Crippen molar-refractivity contribution in [2.75, 3.05) is 0 Å². The van der Waals surface area contributed by atoms with E-state index in [0.29, 0.717) is 11.1 Å². The number of para-hydroxylation sites is 5. The molecule has 254 valence electrons. The van der Waals surface area contributed by atoms with Gasteiger partial charge in [0.25, 0.3) is 0 Å². The molecule has 0 radical (unpaired) electrons. The molecule has 5 nitrogen and oxygen atoms in total. The Morgan fingerprint density at radius 1 is 0.345 bits per heavy atom. The van der Waals surface area contributed by atoms with Crippen LogP contribution in [0, 0.1) is 22.7 Å². The van der Waals surface area contributed by atoms with Crippen molar-refractivity contribution >= 4 is 65.4 Å². The van der Waals surface area contributed by atoms with E-state index >= 15 is 0 Å². The molecule has 11 aromatic rings. The topological polar surface area (TPSA) is 62.4 Å². The number of benzene rings is 8. The zero-order valence-electron chi connectivity index (χ0n) is 29.5. The highest BCUT2D eigenvalue weighted by Gasteiger charge is 2.21. The van der Waals surface area contributed by atoms with Gasteiger partial charge in [0, 0.05) is 38.0 Å². The van der Waals surface area contributed by atoms with Crippen LogP contribution in [0.1, 0.15) is 11.1 Å². The number of fused-ring (bicyclic) bond motifs is 9. The Labute approximate surface area is 316 Å². The lowest BCUT2D eigenvalue weighted by Crippen LogP contribution is -2.01. The molecule has 55 heavy (non-hydrogen) atoms. The number of rotatable bonds is 4. The lowest BCUT2D eigenvalue weighted by atomic mass is 10.0. The maximum Gasteiger partial charge on any atom is 0.101 e. The van der Waals surface area contributed by atoms with Crippen LogP contribution < -0.4 is 0 Å². The normalized spacial score (nSPS) is 11.6. The third-order valence-corrected chi connectivity index (χ3v) is 11.1. The molecule has 0 N–H and O–H groups in total. The quantitative estimate of drug-likeness (QED) is 0.184. The molecule has 0 saturated heterocycles. The largest absolute Gasteiger partial charge is 0.308 e. The predicted octanol–water partition coefficient (Wildman–Crippen LogP) is 12.4. The van der Waals surface area contributed by atoms with E-state index < -0.39 is 0 Å². The van der Waals surface area contributed by atoms with Crippen molar-refractivity contribution in [3.8, 4) is 40.3 Å². The Kier molecular flexibility index (Phi) is 6.61. The highest BCUT2D eigenvalue weighted by atomic mass is 15.1. The summed E-state index contributed by atoms with van der Waals surface area (Å²) in [7, 11) is 0. The van der Waals surface area contributed by atoms with Crippen LogP contribution >= 0.6 is 0 Å². The van der Waals surface area contributed by atoms with Crippen LogP contribution in [0.15, 0.2) is 176 Å². The summed E-state index contributed by atoms with van der Waals surface area (Å²) in [5, 5.41) is 27.3. The van der Waals surface area contributed by atoms with Crippen molar-refractivity contribution in [2.45, 2.75) is 0 Å². The number of nitrogens with zero attached hydrogens (tertiary/aromatic N) is 5. The first-order chi connectivity index (χ1) is 27.2. The standard InChI is InChI=1S/C50H29N5/c51-30-32-23-25-48-42(27-32)41-17-10-22-49(55-46-20-7-3-15-39(46)40-16-4-8-21-47(40)55)50(41)53(48)36-12-9-11-33(29-36)34-24-26-43(35(28-34)31-52)54-44-18-5-1-13-37(44)38-14-2-6-19-45(38)54/h1-29H. The average Bonchev–Trinajstić information content (AvgIpc) is 3.89. The predicted molar refractivity (Wildman–Crippen MR) is 224 cm³/mol. The second-order valence-corrected chi connectivity index (χ2v) is 14.0. The Balaban J connectivity index is 1.14. The van der Waals surface area contributed by atoms with Gasteiger partial charge in [-0.15, -0.1) is 0 Å². The molecule has 0 fully saturated rings. The van der Waals surface area contributed by atoms with Crippen molar-refractivity contribution in [2.24, 2.45) is 0 Å². The van der Waals surface area contributed by atoms with Crippen LogP contribution in [-0.2, 0) is 0 Å². The maximum absolute atomic E-state index is 10.6. The SMILES string of the molecule is N#Cc1ccc2c(c1)c1cccc(-n3c4ccccc4c4ccccc43)c1n2-c1cccc(-c2ccc(-n3c4ccccc4c4ccccc43)c(C#N)c2)c1. The first-order valence-electron chi connectivity index (χ1n) is 18.3. The molecule has 0 bridgehead atoms. The number of hydrogen-bond acceptors (Lipinski definition) is 2. The summed E-state index contributed by atoms with van der Waals surface area (Å²) in [6.45, 7) is 0. The van der Waals surface area contributed by atoms with E-state index in [4.69, 9.17) is 0 Å². The molecule has 11 rings (SSSR count). The van der Waals surface area contributed by atoms with Gasteiger partial charge in [-0.05, 0) is 83.9 Å². The van der Waals surface area contributed by atoms with E-state index in [9.17, 15) is 10.5 Å². The zero-order chi connectivity index (χ0) is 36.6. The van der Waals surface area contributed by atoms with Gasteiger partial charge in [0.2, 0.25) is 0 Å². The van der Waals surface area contributed by atoms with Crippen LogP contribution in [0.5, 0.6) is 0 Å². The minimum absolute atomic E-state index is 0.601. The van der Waals surface area contributed by atoms with Crippen molar-refractivity contribution in [3.63, 3.8) is 0 Å². The summed E-state index contributed by atoms with van der Waals surface area (Å²) in [6, 6.07) is 65.9. The Morgan fingerprint density at radius 2 is 0.873 bits per heavy atom. The smallest absolute Gasteiger partial charge is 0.101 e. The van der Waals surface area contributed by atoms with Crippen LogP contribution in [-0.4, -0.2) is 13.7 Å². The summed E-state index contributed by atoms with van der Waals surface area (Å²) < 4.78 is 6.89. The van der Waals surface area contributed by atoms with Gasteiger partial charge in [0.1, 0.15) is 6.07 Å². The van der Waals surface area contributed by atoms with Crippen molar-refractivity contribution in [1.82, 2.24) is 13.7 Å². The highest BCUT2D eigenvalue weighted by molar-refractivity contribution is 6.15. The van der Waals surface area contributed by atoms with Gasteiger partial charge in [-0.2, -0.15) is 10.5 Å². The van der Waals surface area contributed by atoms with Gasteiger partial charge < -0.3 is 13.7 Å². The van der Waals surface area contributed by atoms with Gasteiger partial charge in [0.15, 0.2) is 0 Å². The van der Waals surface area contributed by atoms with Gasteiger partial charge in [-0.25, -0.2) is 0 Å². The van der Waals surface area contributed by atoms with E-state index in [0.717, 1.165) is 82.8 Å². The molecule has 8 aromatic carbocycles. The Morgan fingerprint density at radius 3 is 1.47 bits per heavy atom. The molecule has 0 amide bonds. The van der Waals surface area contributed by atoms with Gasteiger partial charge >= 0.3 is 0 Å². The molecular formula is C50H29N5. The summed E-state index contributed by atoms with van der Waals surface area (Å²) >= 11 is 0. The number of aromatic nitrogens is 3. The van der Waals surface area contributed by atoms with E-state index in [2.05, 4.69) is 171 Å². The monoisotopic (exact) mass is 699 g/mol. The van der Waals surface area contributed by atoms with Crippen LogP contribution in [0.3, 0.4) is 0 Å². The van der Waals surface area contributed by atoms with E-state index in [1.807, 2.05) is 30.3 Å². The second kappa shape index (κ2) is 11.8. The van der Waals surface area contributed by atoms with Crippen molar-refractivity contribution in [1.29, 1.82) is 10.5 Å². The first kappa shape index (κ1) is 30.7. The summed E-state index contributed by atoms with van der Waals surface area (Å²) in [5.74, 6) is 0. The third kappa shape index (κ3) is 4.45. The number of hydrogen-bond donors (Lipinski definition) is 0. The third-order valence-electron chi connectivity index (χ3n) is 11.1. The maximum atomic E-state index is 10.6. The molecule has 0 atom stereocenters. The minimum atomic E-state index is 0.601. The first-order valence-corrected chi connectivity index (χ1v) is 18.3. The summed E-state index contributed by atoms with van der Waals surface area (Å²) in [5.41, 5.74) is 12.5. The molecular weight excluding hydrogens is 671 g/mol. The van der Waals surface area contributed by atoms with Crippen molar-refractivity contribution < 1.29 is 0 Å². The zero-order valence-corrected chi connectivity index (χ0v) is 29.5. The fraction of sp³-hybridized carbons (Fsp3) is 0. The van der Waals surface area contributed by atoms with E-state index in [1.54, 1.807) is 0 Å². The molecule has 0 saturated carbocycles. The van der Waals surface area contributed by atoms with E-state index in [1.165, 1.54) is 10.8 Å². The van der Waals surface area contributed by atoms with Crippen molar-refractivity contribution in [3.05, 3.63) is 187 Å². The molecule has 3 aromatic heterocycles. The average molecular weight is 700 g/mol. The highest BCUT2D eigenvalue weighted by Crippen LogP contribution is 2.41. The fourth-order valence-corrected chi connectivity index (χ4v) is 8.76. The summed E-state index contributed by atoms with van der Waals surface area (Å²) in [6.07, 6.45) is 0. The molecule has 0 aliphatic heterocycles. The Bertz CT molecular complexity index is 3360. The summed E-state index contributed by atoms with van der Waals surface area (Å²) in [4.78, 5) is 0. The van der Waals surface area contributed by atoms with Gasteiger partial charge in [-0.1, -0.05) is 103 Å². The molecule has 0 aliphatic carbocycles. The molecule has 0 spiro atoms. The minimum Gasteiger partial charge on any atom is -0.308 e.